The van der Waals surface area contributed by atoms with E-state index in [1.807, 2.05) is 0 Å². The first-order chi connectivity index (χ1) is 8.09. The average molecular weight is 239 g/mol. The van der Waals surface area contributed by atoms with Crippen LogP contribution < -0.4 is 16.0 Å². The molecule has 0 aromatic heterocycles. The van der Waals surface area contributed by atoms with Crippen LogP contribution in [-0.4, -0.2) is 37.6 Å². The molecule has 17 heavy (non-hydrogen) atoms. The normalized spacial score (nSPS) is 32.4. The fourth-order valence-corrected chi connectivity index (χ4v) is 2.80. The quantitative estimate of drug-likeness (QED) is 0.677. The van der Waals surface area contributed by atoms with Crippen molar-refractivity contribution in [1.82, 2.24) is 16.0 Å². The Bertz CT molecular complexity index is 266. The van der Waals surface area contributed by atoms with Gasteiger partial charge in [-0.15, -0.1) is 0 Å². The summed E-state index contributed by atoms with van der Waals surface area (Å²) >= 11 is 0. The lowest BCUT2D eigenvalue weighted by Crippen LogP contribution is -2.59. The monoisotopic (exact) mass is 239 g/mol. The molecule has 0 aromatic carbocycles. The highest BCUT2D eigenvalue weighted by Crippen LogP contribution is 2.36. The van der Waals surface area contributed by atoms with E-state index in [2.05, 4.69) is 29.8 Å². The zero-order chi connectivity index (χ0) is 12.3. The van der Waals surface area contributed by atoms with Crippen molar-refractivity contribution in [3.8, 4) is 0 Å². The van der Waals surface area contributed by atoms with Crippen LogP contribution in [-0.2, 0) is 4.79 Å². The maximum absolute atomic E-state index is 12.0. The van der Waals surface area contributed by atoms with E-state index in [-0.39, 0.29) is 11.9 Å². The van der Waals surface area contributed by atoms with Crippen molar-refractivity contribution in [2.24, 2.45) is 5.41 Å². The molecule has 0 aromatic rings. The average Bonchev–Trinajstić information content (AvgIpc) is 2.75. The fraction of sp³-hybridized carbons (Fsp3) is 0.923. The molecule has 1 heterocycles. The molecule has 4 nitrogen and oxygen atoms in total. The highest BCUT2D eigenvalue weighted by Gasteiger charge is 2.30. The third-order valence-corrected chi connectivity index (χ3v) is 4.16. The van der Waals surface area contributed by atoms with Gasteiger partial charge in [0.05, 0.1) is 6.04 Å². The molecule has 2 unspecified atom stereocenters. The highest BCUT2D eigenvalue weighted by molar-refractivity contribution is 5.82. The van der Waals surface area contributed by atoms with Gasteiger partial charge in [0.2, 0.25) is 5.91 Å². The summed E-state index contributed by atoms with van der Waals surface area (Å²) in [4.78, 5) is 12.0. The molecule has 0 spiro atoms. The molecule has 98 valence electrons. The van der Waals surface area contributed by atoms with Gasteiger partial charge in [-0.2, -0.15) is 0 Å². The second kappa shape index (κ2) is 5.36. The Kier molecular flexibility index (Phi) is 4.05. The minimum atomic E-state index is -0.0591. The number of carbonyl (C=O) groups excluding carboxylic acids is 1. The number of hydrogen-bond acceptors (Lipinski definition) is 3. The molecule has 1 saturated heterocycles. The van der Waals surface area contributed by atoms with Crippen molar-refractivity contribution < 1.29 is 4.79 Å². The maximum atomic E-state index is 12.0. The van der Waals surface area contributed by atoms with Crippen molar-refractivity contribution in [2.75, 3.05) is 19.6 Å². The largest absolute Gasteiger partial charge is 0.354 e. The van der Waals surface area contributed by atoms with E-state index in [4.69, 9.17) is 0 Å². The van der Waals surface area contributed by atoms with E-state index >= 15 is 0 Å². The van der Waals surface area contributed by atoms with E-state index in [0.29, 0.717) is 11.5 Å². The molecule has 2 rings (SSSR count). The SMILES string of the molecule is CC1CNC(C(=O)NCC2(C)CCCC2)CN1. The Morgan fingerprint density at radius 3 is 2.59 bits per heavy atom. The Balaban J connectivity index is 1.73. The van der Waals surface area contributed by atoms with E-state index in [1.54, 1.807) is 0 Å². The molecule has 0 bridgehead atoms. The molecule has 0 radical (unpaired) electrons. The fourth-order valence-electron chi connectivity index (χ4n) is 2.80. The van der Waals surface area contributed by atoms with Crippen LogP contribution in [0.3, 0.4) is 0 Å². The second-order valence-electron chi connectivity index (χ2n) is 6.01. The first-order valence-electron chi connectivity index (χ1n) is 6.84. The molecule has 2 aliphatic rings. The molecule has 2 atom stereocenters. The maximum Gasteiger partial charge on any atom is 0.238 e. The van der Waals surface area contributed by atoms with Gasteiger partial charge in [-0.25, -0.2) is 0 Å². The summed E-state index contributed by atoms with van der Waals surface area (Å²) in [5, 5.41) is 9.72. The van der Waals surface area contributed by atoms with Crippen LogP contribution in [0, 0.1) is 5.41 Å². The number of amides is 1. The van der Waals surface area contributed by atoms with Gasteiger partial charge < -0.3 is 16.0 Å². The summed E-state index contributed by atoms with van der Waals surface area (Å²) in [6.07, 6.45) is 5.13. The van der Waals surface area contributed by atoms with Crippen LogP contribution in [0.1, 0.15) is 39.5 Å². The first-order valence-corrected chi connectivity index (χ1v) is 6.84. The van der Waals surface area contributed by atoms with Gasteiger partial charge in [0.25, 0.3) is 0 Å². The Hall–Kier alpha value is -0.610. The summed E-state index contributed by atoms with van der Waals surface area (Å²) in [5.41, 5.74) is 0.338. The predicted molar refractivity (Wildman–Crippen MR) is 68.8 cm³/mol. The standard InChI is InChI=1S/C13H25N3O/c1-10-7-15-11(8-14-10)12(17)16-9-13(2)5-3-4-6-13/h10-11,14-15H,3-9H2,1-2H3,(H,16,17). The summed E-state index contributed by atoms with van der Waals surface area (Å²) < 4.78 is 0. The third-order valence-electron chi connectivity index (χ3n) is 4.16. The van der Waals surface area contributed by atoms with Crippen molar-refractivity contribution in [1.29, 1.82) is 0 Å². The summed E-state index contributed by atoms with van der Waals surface area (Å²) in [7, 11) is 0. The zero-order valence-corrected chi connectivity index (χ0v) is 11.0. The smallest absolute Gasteiger partial charge is 0.238 e. The van der Waals surface area contributed by atoms with Crippen molar-refractivity contribution >= 4 is 5.91 Å². The molecule has 4 heteroatoms. The van der Waals surface area contributed by atoms with Crippen molar-refractivity contribution in [3.05, 3.63) is 0 Å². The number of rotatable bonds is 3. The number of piperazine rings is 1. The predicted octanol–water partition coefficient (Wildman–Crippen LogP) is 0.633. The van der Waals surface area contributed by atoms with Crippen LogP contribution in [0.5, 0.6) is 0 Å². The summed E-state index contributed by atoms with van der Waals surface area (Å²) in [5.74, 6) is 0.150. The van der Waals surface area contributed by atoms with Gasteiger partial charge >= 0.3 is 0 Å². The number of carbonyl (C=O) groups is 1. The highest BCUT2D eigenvalue weighted by atomic mass is 16.2. The second-order valence-corrected chi connectivity index (χ2v) is 6.01. The lowest BCUT2D eigenvalue weighted by atomic mass is 9.89. The molecule has 2 fully saturated rings. The van der Waals surface area contributed by atoms with Gasteiger partial charge in [-0.05, 0) is 25.2 Å². The Morgan fingerprint density at radius 2 is 2.00 bits per heavy atom. The van der Waals surface area contributed by atoms with Crippen LogP contribution in [0.15, 0.2) is 0 Å². The molecule has 1 aliphatic carbocycles. The van der Waals surface area contributed by atoms with Gasteiger partial charge in [0, 0.05) is 25.7 Å². The number of nitrogens with one attached hydrogen (secondary N) is 3. The lowest BCUT2D eigenvalue weighted by Gasteiger charge is -2.30. The van der Waals surface area contributed by atoms with Crippen LogP contribution in [0.4, 0.5) is 0 Å². The molecule has 1 saturated carbocycles. The van der Waals surface area contributed by atoms with Crippen molar-refractivity contribution in [3.63, 3.8) is 0 Å². The topological polar surface area (TPSA) is 53.2 Å². The minimum Gasteiger partial charge on any atom is -0.354 e. The minimum absolute atomic E-state index is 0.0591. The molecule has 1 aliphatic heterocycles. The third kappa shape index (κ3) is 3.42. The van der Waals surface area contributed by atoms with E-state index < -0.39 is 0 Å². The van der Waals surface area contributed by atoms with Gasteiger partial charge in [-0.1, -0.05) is 19.8 Å². The van der Waals surface area contributed by atoms with E-state index in [1.165, 1.54) is 25.7 Å². The molecule has 3 N–H and O–H groups in total. The first kappa shape index (κ1) is 12.8. The van der Waals surface area contributed by atoms with Crippen LogP contribution in [0.25, 0.3) is 0 Å². The van der Waals surface area contributed by atoms with Crippen LogP contribution >= 0.6 is 0 Å². The Labute approximate surface area is 104 Å². The molecule has 1 amide bonds. The zero-order valence-electron chi connectivity index (χ0n) is 11.0. The van der Waals surface area contributed by atoms with E-state index in [0.717, 1.165) is 19.6 Å². The van der Waals surface area contributed by atoms with Gasteiger partial charge in [-0.3, -0.25) is 4.79 Å². The van der Waals surface area contributed by atoms with E-state index in [9.17, 15) is 4.79 Å². The summed E-state index contributed by atoms with van der Waals surface area (Å²) in [6, 6.07) is 0.405. The van der Waals surface area contributed by atoms with Crippen molar-refractivity contribution in [2.45, 2.75) is 51.6 Å². The molecular formula is C13H25N3O. The summed E-state index contributed by atoms with van der Waals surface area (Å²) in [6.45, 7) is 6.86. The molecular weight excluding hydrogens is 214 g/mol. The van der Waals surface area contributed by atoms with Gasteiger partial charge in [0.15, 0.2) is 0 Å². The number of hydrogen-bond donors (Lipinski definition) is 3. The Morgan fingerprint density at radius 1 is 1.29 bits per heavy atom. The lowest BCUT2D eigenvalue weighted by molar-refractivity contribution is -0.123. The van der Waals surface area contributed by atoms with Crippen LogP contribution in [0.2, 0.25) is 0 Å². The van der Waals surface area contributed by atoms with Gasteiger partial charge in [0.1, 0.15) is 0 Å².